The molecular formula is C15H16N4O3. The zero-order chi connectivity index (χ0) is 15.7. The topological polar surface area (TPSA) is 83.8 Å². The number of rotatable bonds is 3. The van der Waals surface area contributed by atoms with Crippen LogP contribution in [-0.2, 0) is 4.79 Å². The highest BCUT2D eigenvalue weighted by atomic mass is 16.2. The molecule has 2 aromatic heterocycles. The van der Waals surface area contributed by atoms with Gasteiger partial charge < -0.3 is 10.2 Å². The van der Waals surface area contributed by atoms with Gasteiger partial charge in [-0.15, -0.1) is 0 Å². The van der Waals surface area contributed by atoms with Gasteiger partial charge in [0.25, 0.3) is 11.5 Å². The van der Waals surface area contributed by atoms with Crippen LogP contribution in [0.2, 0.25) is 0 Å². The molecule has 1 fully saturated rings. The number of fused-ring (bicyclic) bond motifs is 1. The van der Waals surface area contributed by atoms with E-state index in [1.54, 1.807) is 29.3 Å². The van der Waals surface area contributed by atoms with Crippen LogP contribution in [-0.4, -0.2) is 45.2 Å². The molecule has 2 amide bonds. The Kier molecular flexibility index (Phi) is 3.62. The summed E-state index contributed by atoms with van der Waals surface area (Å²) in [5.74, 6) is -0.479. The van der Waals surface area contributed by atoms with E-state index in [0.29, 0.717) is 18.7 Å². The second kappa shape index (κ2) is 5.59. The van der Waals surface area contributed by atoms with Crippen molar-refractivity contribution >= 4 is 17.5 Å². The quantitative estimate of drug-likeness (QED) is 0.868. The van der Waals surface area contributed by atoms with Crippen LogP contribution < -0.4 is 10.9 Å². The molecule has 7 heteroatoms. The molecule has 1 saturated heterocycles. The smallest absolute Gasteiger partial charge is 0.270 e. The lowest BCUT2D eigenvalue weighted by atomic mass is 10.2. The lowest BCUT2D eigenvalue weighted by molar-refractivity contribution is -0.127. The second-order valence-corrected chi connectivity index (χ2v) is 5.21. The van der Waals surface area contributed by atoms with Crippen molar-refractivity contribution in [2.75, 3.05) is 13.1 Å². The molecule has 1 atom stereocenters. The molecule has 1 N–H and O–H groups in total. The number of nitrogens with zero attached hydrogens (tertiary/aromatic N) is 3. The number of hydrogen-bond donors (Lipinski definition) is 1. The molecule has 7 nitrogen and oxygen atoms in total. The van der Waals surface area contributed by atoms with Crippen LogP contribution >= 0.6 is 0 Å². The SMILES string of the molecule is CCN1CC(NC(=O)c2cnc3ccccn3c2=O)CC1=O. The number of nitrogens with one attached hydrogen (secondary N) is 1. The summed E-state index contributed by atoms with van der Waals surface area (Å²) in [6.07, 6.45) is 3.11. The van der Waals surface area contributed by atoms with E-state index in [9.17, 15) is 14.4 Å². The molecule has 2 aromatic rings. The zero-order valence-corrected chi connectivity index (χ0v) is 12.2. The summed E-state index contributed by atoms with van der Waals surface area (Å²) in [6.45, 7) is 2.98. The molecule has 0 aromatic carbocycles. The van der Waals surface area contributed by atoms with Gasteiger partial charge in [-0.1, -0.05) is 6.07 Å². The number of aromatic nitrogens is 2. The molecule has 0 spiro atoms. The number of likely N-dealkylation sites (tertiary alicyclic amines) is 1. The Bertz CT molecular complexity index is 799. The summed E-state index contributed by atoms with van der Waals surface area (Å²) in [4.78, 5) is 42.0. The number of carbonyl (C=O) groups is 2. The molecule has 3 rings (SSSR count). The van der Waals surface area contributed by atoms with Gasteiger partial charge in [-0.05, 0) is 19.1 Å². The molecule has 0 saturated carbocycles. The summed E-state index contributed by atoms with van der Waals surface area (Å²) in [7, 11) is 0. The fourth-order valence-corrected chi connectivity index (χ4v) is 2.62. The first-order valence-electron chi connectivity index (χ1n) is 7.15. The second-order valence-electron chi connectivity index (χ2n) is 5.21. The van der Waals surface area contributed by atoms with E-state index >= 15 is 0 Å². The highest BCUT2D eigenvalue weighted by Gasteiger charge is 2.30. The maximum Gasteiger partial charge on any atom is 0.270 e. The third-order valence-electron chi connectivity index (χ3n) is 3.79. The minimum atomic E-state index is -0.494. The summed E-state index contributed by atoms with van der Waals surface area (Å²) in [6, 6.07) is 4.89. The maximum atomic E-state index is 12.3. The summed E-state index contributed by atoms with van der Waals surface area (Å²) < 4.78 is 1.33. The van der Waals surface area contributed by atoms with Crippen LogP contribution in [0.1, 0.15) is 23.7 Å². The van der Waals surface area contributed by atoms with Crippen molar-refractivity contribution in [3.05, 3.63) is 46.5 Å². The van der Waals surface area contributed by atoms with Crippen LogP contribution in [0.5, 0.6) is 0 Å². The van der Waals surface area contributed by atoms with Crippen LogP contribution in [0.25, 0.3) is 5.65 Å². The molecule has 1 unspecified atom stereocenters. The van der Waals surface area contributed by atoms with Gasteiger partial charge in [0.15, 0.2) is 0 Å². The molecule has 0 radical (unpaired) electrons. The normalized spacial score (nSPS) is 18.0. The summed E-state index contributed by atoms with van der Waals surface area (Å²) in [5, 5.41) is 2.74. The van der Waals surface area contributed by atoms with Gasteiger partial charge in [0.2, 0.25) is 5.91 Å². The Morgan fingerprint density at radius 1 is 1.41 bits per heavy atom. The first-order valence-corrected chi connectivity index (χ1v) is 7.15. The van der Waals surface area contributed by atoms with Crippen LogP contribution in [0, 0.1) is 0 Å². The maximum absolute atomic E-state index is 12.3. The predicted octanol–water partition coefficient (Wildman–Crippen LogP) is 0.0451. The van der Waals surface area contributed by atoms with Crippen molar-refractivity contribution in [1.29, 1.82) is 0 Å². The molecule has 22 heavy (non-hydrogen) atoms. The number of hydrogen-bond acceptors (Lipinski definition) is 4. The average Bonchev–Trinajstić information content (AvgIpc) is 2.87. The van der Waals surface area contributed by atoms with Gasteiger partial charge in [0.1, 0.15) is 11.2 Å². The molecular weight excluding hydrogens is 284 g/mol. The van der Waals surface area contributed by atoms with Crippen molar-refractivity contribution in [1.82, 2.24) is 19.6 Å². The average molecular weight is 300 g/mol. The Labute approximate surface area is 126 Å². The minimum Gasteiger partial charge on any atom is -0.347 e. The van der Waals surface area contributed by atoms with Gasteiger partial charge in [-0.2, -0.15) is 0 Å². The lowest BCUT2D eigenvalue weighted by Crippen LogP contribution is -2.40. The molecule has 0 aliphatic carbocycles. The van der Waals surface area contributed by atoms with E-state index in [0.717, 1.165) is 0 Å². The number of likely N-dealkylation sites (N-methyl/N-ethyl adjacent to an activating group) is 1. The van der Waals surface area contributed by atoms with Crippen molar-refractivity contribution in [3.63, 3.8) is 0 Å². The largest absolute Gasteiger partial charge is 0.347 e. The van der Waals surface area contributed by atoms with E-state index in [1.807, 2.05) is 6.92 Å². The third kappa shape index (κ3) is 2.45. The van der Waals surface area contributed by atoms with Crippen molar-refractivity contribution < 1.29 is 9.59 Å². The molecule has 114 valence electrons. The van der Waals surface area contributed by atoms with E-state index < -0.39 is 11.5 Å². The van der Waals surface area contributed by atoms with E-state index in [2.05, 4.69) is 10.3 Å². The van der Waals surface area contributed by atoms with Gasteiger partial charge in [0, 0.05) is 31.9 Å². The molecule has 0 bridgehead atoms. The Morgan fingerprint density at radius 3 is 2.95 bits per heavy atom. The van der Waals surface area contributed by atoms with Crippen molar-refractivity contribution in [2.24, 2.45) is 0 Å². The number of carbonyl (C=O) groups excluding carboxylic acids is 2. The fraction of sp³-hybridized carbons (Fsp3) is 0.333. The summed E-state index contributed by atoms with van der Waals surface area (Å²) >= 11 is 0. The van der Waals surface area contributed by atoms with E-state index in [4.69, 9.17) is 0 Å². The predicted molar refractivity (Wildman–Crippen MR) is 79.6 cm³/mol. The molecule has 1 aliphatic rings. The van der Waals surface area contributed by atoms with Gasteiger partial charge in [0.05, 0.1) is 6.04 Å². The zero-order valence-electron chi connectivity index (χ0n) is 12.2. The highest BCUT2D eigenvalue weighted by molar-refractivity contribution is 5.94. The highest BCUT2D eigenvalue weighted by Crippen LogP contribution is 2.10. The minimum absolute atomic E-state index is 0.0150. The van der Waals surface area contributed by atoms with Crippen LogP contribution in [0.4, 0.5) is 0 Å². The van der Waals surface area contributed by atoms with Crippen molar-refractivity contribution in [3.8, 4) is 0 Å². The Morgan fingerprint density at radius 2 is 2.23 bits per heavy atom. The van der Waals surface area contributed by atoms with Crippen LogP contribution in [0.15, 0.2) is 35.4 Å². The Balaban J connectivity index is 1.83. The number of pyridine rings is 1. The van der Waals surface area contributed by atoms with E-state index in [1.165, 1.54) is 10.6 Å². The first-order chi connectivity index (χ1) is 10.6. The summed E-state index contributed by atoms with van der Waals surface area (Å²) in [5.41, 5.74) is 0.0446. The van der Waals surface area contributed by atoms with Gasteiger partial charge >= 0.3 is 0 Å². The first kappa shape index (κ1) is 14.2. The van der Waals surface area contributed by atoms with Gasteiger partial charge in [-0.25, -0.2) is 4.98 Å². The van der Waals surface area contributed by atoms with E-state index in [-0.39, 0.29) is 23.9 Å². The third-order valence-corrected chi connectivity index (χ3v) is 3.79. The lowest BCUT2D eigenvalue weighted by Gasteiger charge is -2.14. The molecule has 3 heterocycles. The van der Waals surface area contributed by atoms with Gasteiger partial charge in [-0.3, -0.25) is 18.8 Å². The fourth-order valence-electron chi connectivity index (χ4n) is 2.62. The van der Waals surface area contributed by atoms with Crippen LogP contribution in [0.3, 0.4) is 0 Å². The monoisotopic (exact) mass is 300 g/mol. The molecule has 1 aliphatic heterocycles. The number of amides is 2. The van der Waals surface area contributed by atoms with Crippen molar-refractivity contribution in [2.45, 2.75) is 19.4 Å². The Hall–Kier alpha value is -2.70. The standard InChI is InChI=1S/C15H16N4O3/c1-2-18-9-10(7-13(18)20)17-14(21)11-8-16-12-5-3-4-6-19(12)15(11)22/h3-6,8,10H,2,7,9H2,1H3,(H,17,21).